The standard InChI is InChI=1S/C27H29FN6/c1-18(19-8-4-2-5-9-19)34-27(15-6-3-7-16-27)25-32-23(20-10-12-21(28)13-11-20)24(33-25)22-14-17-30-26(29)31-22/h2,4-5,8-14,17-18,34H,3,6-7,15-16H2,1H3,(H,32,33)(H2,29,30,31). The fourth-order valence-electron chi connectivity index (χ4n) is 4.96. The number of nitrogens with one attached hydrogen (secondary N) is 2. The Morgan fingerprint density at radius 1 is 0.971 bits per heavy atom. The van der Waals surface area contributed by atoms with E-state index in [0.29, 0.717) is 5.69 Å². The van der Waals surface area contributed by atoms with Gasteiger partial charge < -0.3 is 10.7 Å². The summed E-state index contributed by atoms with van der Waals surface area (Å²) in [6.07, 6.45) is 7.05. The van der Waals surface area contributed by atoms with E-state index in [1.165, 1.54) is 24.1 Å². The van der Waals surface area contributed by atoms with E-state index < -0.39 is 0 Å². The van der Waals surface area contributed by atoms with Crippen LogP contribution in [0.2, 0.25) is 0 Å². The number of nitrogens with zero attached hydrogens (tertiary/aromatic N) is 3. The highest BCUT2D eigenvalue weighted by Crippen LogP contribution is 2.41. The van der Waals surface area contributed by atoms with Gasteiger partial charge in [-0.3, -0.25) is 5.32 Å². The lowest BCUT2D eigenvalue weighted by Crippen LogP contribution is -2.46. The molecule has 2 heterocycles. The highest BCUT2D eigenvalue weighted by molar-refractivity contribution is 5.77. The number of halogens is 1. The van der Waals surface area contributed by atoms with Crippen molar-refractivity contribution in [3.63, 3.8) is 0 Å². The molecule has 1 aliphatic carbocycles. The molecule has 174 valence electrons. The molecule has 1 fully saturated rings. The van der Waals surface area contributed by atoms with E-state index in [-0.39, 0.29) is 23.3 Å². The first-order valence-corrected chi connectivity index (χ1v) is 11.8. The summed E-state index contributed by atoms with van der Waals surface area (Å²) in [7, 11) is 0. The fourth-order valence-corrected chi connectivity index (χ4v) is 4.96. The third-order valence-corrected chi connectivity index (χ3v) is 6.70. The molecule has 1 saturated carbocycles. The predicted molar refractivity (Wildman–Crippen MR) is 132 cm³/mol. The van der Waals surface area contributed by atoms with E-state index in [9.17, 15) is 4.39 Å². The molecule has 4 aromatic rings. The Hall–Kier alpha value is -3.58. The Kier molecular flexibility index (Phi) is 6.11. The fraction of sp³-hybridized carbons (Fsp3) is 0.296. The van der Waals surface area contributed by atoms with Gasteiger partial charge in [0.1, 0.15) is 11.6 Å². The molecule has 1 unspecified atom stereocenters. The van der Waals surface area contributed by atoms with Crippen molar-refractivity contribution < 1.29 is 4.39 Å². The molecular formula is C27H29FN6. The summed E-state index contributed by atoms with van der Waals surface area (Å²) in [6.45, 7) is 2.20. The molecule has 6 nitrogen and oxygen atoms in total. The Labute approximate surface area is 198 Å². The van der Waals surface area contributed by atoms with Crippen molar-refractivity contribution in [3.8, 4) is 22.6 Å². The molecule has 0 aliphatic heterocycles. The van der Waals surface area contributed by atoms with Crippen molar-refractivity contribution in [2.24, 2.45) is 0 Å². The summed E-state index contributed by atoms with van der Waals surface area (Å²) < 4.78 is 13.7. The van der Waals surface area contributed by atoms with Crippen LogP contribution in [0.4, 0.5) is 10.3 Å². The summed E-state index contributed by atoms with van der Waals surface area (Å²) in [5, 5.41) is 3.92. The summed E-state index contributed by atoms with van der Waals surface area (Å²) >= 11 is 0. The number of hydrogen-bond donors (Lipinski definition) is 3. The lowest BCUT2D eigenvalue weighted by atomic mass is 9.80. The molecule has 4 N–H and O–H groups in total. The molecule has 0 saturated heterocycles. The van der Waals surface area contributed by atoms with Crippen LogP contribution in [-0.4, -0.2) is 19.9 Å². The molecule has 0 amide bonds. The Bertz CT molecular complexity index is 1250. The van der Waals surface area contributed by atoms with E-state index in [0.717, 1.165) is 48.5 Å². The van der Waals surface area contributed by atoms with Gasteiger partial charge in [-0.1, -0.05) is 49.6 Å². The molecule has 0 radical (unpaired) electrons. The van der Waals surface area contributed by atoms with Gasteiger partial charge in [0.05, 0.1) is 22.6 Å². The predicted octanol–water partition coefficient (Wildman–Crippen LogP) is 5.77. The molecule has 1 atom stereocenters. The Morgan fingerprint density at radius 3 is 2.41 bits per heavy atom. The zero-order valence-corrected chi connectivity index (χ0v) is 19.3. The maximum Gasteiger partial charge on any atom is 0.220 e. The van der Waals surface area contributed by atoms with Gasteiger partial charge in [-0.25, -0.2) is 19.3 Å². The Balaban J connectivity index is 1.61. The minimum absolute atomic E-state index is 0.150. The van der Waals surface area contributed by atoms with Crippen LogP contribution >= 0.6 is 0 Å². The van der Waals surface area contributed by atoms with Crippen molar-refractivity contribution in [1.82, 2.24) is 25.3 Å². The zero-order chi connectivity index (χ0) is 23.5. The van der Waals surface area contributed by atoms with Crippen molar-refractivity contribution in [2.45, 2.75) is 50.6 Å². The van der Waals surface area contributed by atoms with Gasteiger partial charge in [0.15, 0.2) is 0 Å². The maximum absolute atomic E-state index is 13.7. The van der Waals surface area contributed by atoms with E-state index in [2.05, 4.69) is 51.5 Å². The lowest BCUT2D eigenvalue weighted by molar-refractivity contribution is 0.202. The van der Waals surface area contributed by atoms with Crippen LogP contribution in [0.5, 0.6) is 0 Å². The van der Waals surface area contributed by atoms with E-state index >= 15 is 0 Å². The van der Waals surface area contributed by atoms with Gasteiger partial charge in [0.25, 0.3) is 0 Å². The highest BCUT2D eigenvalue weighted by atomic mass is 19.1. The average Bonchev–Trinajstić information content (AvgIpc) is 3.32. The second-order valence-electron chi connectivity index (χ2n) is 9.04. The van der Waals surface area contributed by atoms with Gasteiger partial charge >= 0.3 is 0 Å². The van der Waals surface area contributed by atoms with Crippen LogP contribution in [0.15, 0.2) is 66.9 Å². The van der Waals surface area contributed by atoms with Crippen LogP contribution < -0.4 is 11.1 Å². The normalized spacial score (nSPS) is 16.3. The van der Waals surface area contributed by atoms with Gasteiger partial charge in [-0.05, 0) is 55.7 Å². The van der Waals surface area contributed by atoms with E-state index in [1.807, 2.05) is 12.1 Å². The topological polar surface area (TPSA) is 92.5 Å². The first-order chi connectivity index (χ1) is 16.5. The van der Waals surface area contributed by atoms with Gasteiger partial charge in [-0.15, -0.1) is 0 Å². The van der Waals surface area contributed by atoms with Crippen LogP contribution in [0.3, 0.4) is 0 Å². The minimum atomic E-state index is -0.306. The van der Waals surface area contributed by atoms with E-state index in [1.54, 1.807) is 18.3 Å². The number of aromatic nitrogens is 4. The smallest absolute Gasteiger partial charge is 0.220 e. The largest absolute Gasteiger partial charge is 0.368 e. The van der Waals surface area contributed by atoms with Crippen molar-refractivity contribution in [2.75, 3.05) is 5.73 Å². The monoisotopic (exact) mass is 456 g/mol. The van der Waals surface area contributed by atoms with Crippen molar-refractivity contribution in [3.05, 3.63) is 84.1 Å². The van der Waals surface area contributed by atoms with Crippen LogP contribution in [0.25, 0.3) is 22.6 Å². The van der Waals surface area contributed by atoms with Gasteiger partial charge in [0.2, 0.25) is 5.95 Å². The quantitative estimate of drug-likeness (QED) is 0.343. The number of hydrogen-bond acceptors (Lipinski definition) is 5. The first-order valence-electron chi connectivity index (χ1n) is 11.8. The number of imidazole rings is 1. The van der Waals surface area contributed by atoms with Crippen LogP contribution in [-0.2, 0) is 5.54 Å². The van der Waals surface area contributed by atoms with Crippen molar-refractivity contribution in [1.29, 1.82) is 0 Å². The third kappa shape index (κ3) is 4.43. The number of nitrogens with two attached hydrogens (primary N) is 1. The number of aromatic amines is 1. The SMILES string of the molecule is CC(NC1(c2nc(-c3ccc(F)cc3)c(-c3ccnc(N)n3)[nH]2)CCCCC1)c1ccccc1. The van der Waals surface area contributed by atoms with Gasteiger partial charge in [0, 0.05) is 17.8 Å². The minimum Gasteiger partial charge on any atom is -0.368 e. The summed E-state index contributed by atoms with van der Waals surface area (Å²) in [5.74, 6) is 0.790. The second kappa shape index (κ2) is 9.35. The summed E-state index contributed by atoms with van der Waals surface area (Å²) in [6, 6.07) is 18.8. The third-order valence-electron chi connectivity index (χ3n) is 6.70. The molecule has 2 aromatic heterocycles. The van der Waals surface area contributed by atoms with E-state index in [4.69, 9.17) is 10.7 Å². The number of benzene rings is 2. The number of anilines is 1. The molecule has 0 bridgehead atoms. The summed E-state index contributed by atoms with van der Waals surface area (Å²) in [4.78, 5) is 17.2. The molecule has 1 aliphatic rings. The lowest BCUT2D eigenvalue weighted by Gasteiger charge is -2.39. The number of H-pyrrole nitrogens is 1. The molecule has 34 heavy (non-hydrogen) atoms. The molecule has 0 spiro atoms. The van der Waals surface area contributed by atoms with Gasteiger partial charge in [-0.2, -0.15) is 0 Å². The maximum atomic E-state index is 13.7. The Morgan fingerprint density at radius 2 is 1.71 bits per heavy atom. The second-order valence-corrected chi connectivity index (χ2v) is 9.04. The van der Waals surface area contributed by atoms with Crippen molar-refractivity contribution >= 4 is 5.95 Å². The number of nitrogen functional groups attached to an aromatic ring is 1. The molecule has 2 aromatic carbocycles. The summed E-state index contributed by atoms with van der Waals surface area (Å²) in [5.41, 5.74) is 9.79. The van der Waals surface area contributed by atoms with Crippen LogP contribution in [0, 0.1) is 5.82 Å². The molecule has 5 rings (SSSR count). The average molecular weight is 457 g/mol. The highest BCUT2D eigenvalue weighted by Gasteiger charge is 2.39. The number of rotatable bonds is 6. The van der Waals surface area contributed by atoms with Crippen LogP contribution in [0.1, 0.15) is 56.5 Å². The molecule has 7 heteroatoms. The zero-order valence-electron chi connectivity index (χ0n) is 19.3. The molecular weight excluding hydrogens is 427 g/mol. The first kappa shape index (κ1) is 22.2.